The summed E-state index contributed by atoms with van der Waals surface area (Å²) in [6, 6.07) is 5.94. The van der Waals surface area contributed by atoms with E-state index in [9.17, 15) is 9.18 Å². The molecule has 3 aromatic rings. The van der Waals surface area contributed by atoms with Crippen LogP contribution in [0.2, 0.25) is 0 Å². The smallest absolute Gasteiger partial charge is 0.217 e. The Morgan fingerprint density at radius 2 is 2.13 bits per heavy atom. The zero-order chi connectivity index (χ0) is 16.6. The summed E-state index contributed by atoms with van der Waals surface area (Å²) in [5, 5.41) is 2.81. The second-order valence-electron chi connectivity index (χ2n) is 5.22. The third kappa shape index (κ3) is 3.10. The Hall–Kier alpha value is -2.28. The van der Waals surface area contributed by atoms with Crippen molar-refractivity contribution in [2.24, 2.45) is 0 Å². The number of fused-ring (bicyclic) bond motifs is 1. The highest BCUT2D eigenvalue weighted by Gasteiger charge is 2.19. The van der Waals surface area contributed by atoms with Crippen LogP contribution in [0.5, 0.6) is 0 Å². The Labute approximate surface area is 140 Å². The number of hydrogen-bond acceptors (Lipinski definition) is 3. The highest BCUT2D eigenvalue weighted by atomic mass is 79.9. The third-order valence-electron chi connectivity index (χ3n) is 3.40. The van der Waals surface area contributed by atoms with Crippen LogP contribution in [0.3, 0.4) is 0 Å². The first-order valence-corrected chi connectivity index (χ1v) is 7.81. The molecule has 0 bridgehead atoms. The second kappa shape index (κ2) is 6.08. The molecule has 1 amide bonds. The molecule has 118 valence electrons. The lowest BCUT2D eigenvalue weighted by Gasteiger charge is -2.15. The summed E-state index contributed by atoms with van der Waals surface area (Å²) in [6.07, 6.45) is 3.33. The van der Waals surface area contributed by atoms with Gasteiger partial charge in [0.05, 0.1) is 29.0 Å². The van der Waals surface area contributed by atoms with Crippen molar-refractivity contribution in [3.05, 3.63) is 52.8 Å². The van der Waals surface area contributed by atoms with Crippen molar-refractivity contribution in [1.29, 1.82) is 0 Å². The van der Waals surface area contributed by atoms with Gasteiger partial charge in [-0.1, -0.05) is 0 Å². The maximum atomic E-state index is 13.7. The third-order valence-corrected chi connectivity index (χ3v) is 3.83. The van der Waals surface area contributed by atoms with Crippen molar-refractivity contribution in [3.63, 3.8) is 0 Å². The van der Waals surface area contributed by atoms with Gasteiger partial charge in [0.25, 0.3) is 0 Å². The standard InChI is InChI=1S/C16H14BrFN4O/c1-9(20-10(2)23)16-21-14-4-3-12(18)6-15(14)22(16)13-5-11(17)7-19-8-13/h3-9H,1-2H3,(H,20,23). The van der Waals surface area contributed by atoms with Crippen molar-refractivity contribution >= 4 is 32.9 Å². The number of halogens is 2. The Balaban J connectivity index is 2.26. The summed E-state index contributed by atoms with van der Waals surface area (Å²) >= 11 is 3.39. The van der Waals surface area contributed by atoms with Crippen LogP contribution in [0, 0.1) is 5.82 Å². The lowest BCUT2D eigenvalue weighted by atomic mass is 10.2. The molecule has 3 rings (SSSR count). The number of nitrogens with one attached hydrogen (secondary N) is 1. The molecule has 0 spiro atoms. The van der Waals surface area contributed by atoms with Crippen molar-refractivity contribution < 1.29 is 9.18 Å². The van der Waals surface area contributed by atoms with E-state index in [1.807, 2.05) is 13.0 Å². The number of benzene rings is 1. The minimum Gasteiger partial charge on any atom is -0.347 e. The molecule has 1 atom stereocenters. The maximum absolute atomic E-state index is 13.7. The number of nitrogens with zero attached hydrogens (tertiary/aromatic N) is 3. The molecule has 2 aromatic heterocycles. The van der Waals surface area contributed by atoms with E-state index >= 15 is 0 Å². The van der Waals surface area contributed by atoms with Gasteiger partial charge in [0.2, 0.25) is 5.91 Å². The molecule has 23 heavy (non-hydrogen) atoms. The summed E-state index contributed by atoms with van der Waals surface area (Å²) in [7, 11) is 0. The van der Waals surface area contributed by atoms with Crippen LogP contribution < -0.4 is 5.32 Å². The molecule has 7 heteroatoms. The zero-order valence-electron chi connectivity index (χ0n) is 12.5. The summed E-state index contributed by atoms with van der Waals surface area (Å²) in [6.45, 7) is 3.28. The van der Waals surface area contributed by atoms with Crippen molar-refractivity contribution in [3.8, 4) is 5.69 Å². The largest absolute Gasteiger partial charge is 0.347 e. The van der Waals surface area contributed by atoms with Gasteiger partial charge >= 0.3 is 0 Å². The van der Waals surface area contributed by atoms with E-state index in [4.69, 9.17) is 0 Å². The molecule has 0 aliphatic heterocycles. The quantitative estimate of drug-likeness (QED) is 0.760. The Morgan fingerprint density at radius 3 is 2.83 bits per heavy atom. The fourth-order valence-corrected chi connectivity index (χ4v) is 2.87. The number of pyridine rings is 1. The van der Waals surface area contributed by atoms with Crippen LogP contribution in [-0.4, -0.2) is 20.4 Å². The van der Waals surface area contributed by atoms with Crippen molar-refractivity contribution in [2.45, 2.75) is 19.9 Å². The molecule has 1 N–H and O–H groups in total. The van der Waals surface area contributed by atoms with Gasteiger partial charge in [-0.05, 0) is 41.1 Å². The van der Waals surface area contributed by atoms with E-state index in [-0.39, 0.29) is 17.8 Å². The number of aromatic nitrogens is 3. The predicted octanol–water partition coefficient (Wildman–Crippen LogP) is 3.52. The van der Waals surface area contributed by atoms with E-state index in [1.165, 1.54) is 19.1 Å². The topological polar surface area (TPSA) is 59.8 Å². The Bertz CT molecular complexity index is 893. The number of carbonyl (C=O) groups excluding carboxylic acids is 1. The van der Waals surface area contributed by atoms with Gasteiger partial charge < -0.3 is 5.32 Å². The van der Waals surface area contributed by atoms with Gasteiger partial charge in [0.1, 0.15) is 11.6 Å². The van der Waals surface area contributed by atoms with E-state index in [1.54, 1.807) is 23.0 Å². The van der Waals surface area contributed by atoms with Crippen LogP contribution in [0.4, 0.5) is 4.39 Å². The molecule has 1 unspecified atom stereocenters. The molecular formula is C16H14BrFN4O. The summed E-state index contributed by atoms with van der Waals surface area (Å²) in [5.74, 6) is 0.107. The Kier molecular flexibility index (Phi) is 4.12. The first-order chi connectivity index (χ1) is 11.0. The predicted molar refractivity (Wildman–Crippen MR) is 88.8 cm³/mol. The minimum absolute atomic E-state index is 0.158. The average molecular weight is 377 g/mol. The highest BCUT2D eigenvalue weighted by Crippen LogP contribution is 2.26. The van der Waals surface area contributed by atoms with Gasteiger partial charge in [-0.2, -0.15) is 0 Å². The highest BCUT2D eigenvalue weighted by molar-refractivity contribution is 9.10. The number of carbonyl (C=O) groups is 1. The van der Waals surface area contributed by atoms with Gasteiger partial charge in [-0.15, -0.1) is 0 Å². The molecule has 1 aromatic carbocycles. The molecular weight excluding hydrogens is 363 g/mol. The minimum atomic E-state index is -0.347. The lowest BCUT2D eigenvalue weighted by Crippen LogP contribution is -2.26. The first kappa shape index (κ1) is 15.6. The summed E-state index contributed by atoms with van der Waals surface area (Å²) in [5.41, 5.74) is 2.01. The van der Waals surface area contributed by atoms with E-state index in [0.717, 1.165) is 10.2 Å². The monoisotopic (exact) mass is 376 g/mol. The molecule has 2 heterocycles. The fraction of sp³-hybridized carbons (Fsp3) is 0.188. The number of amides is 1. The van der Waals surface area contributed by atoms with Gasteiger partial charge in [-0.25, -0.2) is 9.37 Å². The molecule has 0 radical (unpaired) electrons. The molecule has 0 aliphatic carbocycles. The first-order valence-electron chi connectivity index (χ1n) is 7.01. The lowest BCUT2D eigenvalue weighted by molar-refractivity contribution is -0.119. The van der Waals surface area contributed by atoms with E-state index < -0.39 is 0 Å². The van der Waals surface area contributed by atoms with Gasteiger partial charge in [0.15, 0.2) is 0 Å². The van der Waals surface area contributed by atoms with Crippen LogP contribution in [0.15, 0.2) is 41.1 Å². The van der Waals surface area contributed by atoms with E-state index in [2.05, 4.69) is 31.2 Å². The summed E-state index contributed by atoms with van der Waals surface area (Å²) < 4.78 is 16.3. The summed E-state index contributed by atoms with van der Waals surface area (Å²) in [4.78, 5) is 20.1. The SMILES string of the molecule is CC(=O)NC(C)c1nc2ccc(F)cc2n1-c1cncc(Br)c1. The van der Waals surface area contributed by atoms with Crippen LogP contribution >= 0.6 is 15.9 Å². The average Bonchev–Trinajstić information content (AvgIpc) is 2.85. The van der Waals surface area contributed by atoms with Crippen LogP contribution in [0.25, 0.3) is 16.7 Å². The van der Waals surface area contributed by atoms with Crippen LogP contribution in [-0.2, 0) is 4.79 Å². The van der Waals surface area contributed by atoms with Gasteiger partial charge in [-0.3, -0.25) is 14.3 Å². The fourth-order valence-electron chi connectivity index (χ4n) is 2.52. The van der Waals surface area contributed by atoms with Gasteiger partial charge in [0, 0.05) is 23.7 Å². The molecule has 0 saturated carbocycles. The molecule has 0 aliphatic rings. The zero-order valence-corrected chi connectivity index (χ0v) is 14.1. The molecule has 0 fully saturated rings. The maximum Gasteiger partial charge on any atom is 0.217 e. The number of rotatable bonds is 3. The van der Waals surface area contributed by atoms with Crippen molar-refractivity contribution in [1.82, 2.24) is 19.9 Å². The van der Waals surface area contributed by atoms with Crippen molar-refractivity contribution in [2.75, 3.05) is 0 Å². The normalized spacial score (nSPS) is 12.3. The number of imidazole rings is 1. The van der Waals surface area contributed by atoms with Crippen LogP contribution in [0.1, 0.15) is 25.7 Å². The number of hydrogen-bond donors (Lipinski definition) is 1. The molecule has 5 nitrogen and oxygen atoms in total. The second-order valence-corrected chi connectivity index (χ2v) is 6.14. The molecule has 0 saturated heterocycles. The van der Waals surface area contributed by atoms with E-state index in [0.29, 0.717) is 16.9 Å². The Morgan fingerprint density at radius 1 is 1.35 bits per heavy atom.